The second-order valence-corrected chi connectivity index (χ2v) is 8.93. The minimum atomic E-state index is 0.169. The van der Waals surface area contributed by atoms with Crippen LogP contribution in [0.5, 0.6) is 0 Å². The van der Waals surface area contributed by atoms with Crippen molar-refractivity contribution in [3.8, 4) is 12.1 Å². The number of hydrogen-bond acceptors (Lipinski definition) is 3. The van der Waals surface area contributed by atoms with Gasteiger partial charge in [0.2, 0.25) is 0 Å². The number of allylic oxidation sites excluding steroid dienone is 2. The second kappa shape index (κ2) is 11.6. The van der Waals surface area contributed by atoms with Gasteiger partial charge in [0, 0.05) is 24.2 Å². The number of unbranched alkanes of at least 4 members (excludes halogenated alkanes) is 2. The second-order valence-electron chi connectivity index (χ2n) is 8.93. The molecule has 0 amide bonds. The summed E-state index contributed by atoms with van der Waals surface area (Å²) in [5.41, 5.74) is 6.18. The number of hydrogen-bond donors (Lipinski definition) is 0. The van der Waals surface area contributed by atoms with E-state index in [4.69, 9.17) is 0 Å². The molecule has 3 heteroatoms. The van der Waals surface area contributed by atoms with E-state index in [-0.39, 0.29) is 5.57 Å². The maximum atomic E-state index is 9.23. The van der Waals surface area contributed by atoms with Crippen molar-refractivity contribution in [1.29, 1.82) is 10.5 Å². The monoisotopic (exact) mass is 415 g/mol. The molecule has 1 aromatic carbocycles. The molecule has 1 aliphatic rings. The third-order valence-electron chi connectivity index (χ3n) is 6.18. The standard InChI is InChI=1S/C28H37N3/c1-7-9-10-12-24(11-8-2)19-31-17-22(5)28(23(6)18-31)27-20(3)13-25(14-21(27)4)26(15-29)16-30/h13-14,17-18,24H,7-12,19H2,1-6H3. The van der Waals surface area contributed by atoms with Crippen LogP contribution in [-0.4, -0.2) is 11.4 Å². The molecule has 0 spiro atoms. The lowest BCUT2D eigenvalue weighted by molar-refractivity contribution is 0.331. The zero-order valence-electron chi connectivity index (χ0n) is 20.2. The molecule has 0 saturated heterocycles. The van der Waals surface area contributed by atoms with Gasteiger partial charge in [-0.2, -0.15) is 10.5 Å². The van der Waals surface area contributed by atoms with E-state index in [1.54, 1.807) is 0 Å². The fraction of sp³-hybridized carbons (Fsp3) is 0.500. The molecule has 0 N–H and O–H groups in total. The van der Waals surface area contributed by atoms with E-state index < -0.39 is 0 Å². The van der Waals surface area contributed by atoms with Crippen LogP contribution in [-0.2, 0) is 0 Å². The highest BCUT2D eigenvalue weighted by molar-refractivity contribution is 5.79. The predicted octanol–water partition coefficient (Wildman–Crippen LogP) is 5.77. The van der Waals surface area contributed by atoms with Crippen LogP contribution in [0.1, 0.15) is 77.3 Å². The van der Waals surface area contributed by atoms with Gasteiger partial charge in [-0.1, -0.05) is 39.5 Å². The Morgan fingerprint density at radius 1 is 0.871 bits per heavy atom. The Hall–Kier alpha value is -2.78. The van der Waals surface area contributed by atoms with Crippen molar-refractivity contribution in [3.05, 3.63) is 57.2 Å². The Morgan fingerprint density at radius 2 is 1.45 bits per heavy atom. The fourth-order valence-electron chi connectivity index (χ4n) is 4.85. The van der Waals surface area contributed by atoms with E-state index in [0.717, 1.165) is 23.6 Å². The molecule has 164 valence electrons. The van der Waals surface area contributed by atoms with Gasteiger partial charge in [0.25, 0.3) is 0 Å². The topological polar surface area (TPSA) is 50.8 Å². The highest BCUT2D eigenvalue weighted by Gasteiger charge is 2.18. The van der Waals surface area contributed by atoms with E-state index in [1.807, 2.05) is 24.3 Å². The number of aryl methyl sites for hydroxylation is 2. The summed E-state index contributed by atoms with van der Waals surface area (Å²) < 4.78 is 0. The normalized spacial score (nSPS) is 14.5. The van der Waals surface area contributed by atoms with Crippen LogP contribution >= 0.6 is 0 Å². The Kier molecular flexibility index (Phi) is 9.14. The number of rotatable bonds is 8. The summed E-state index contributed by atoms with van der Waals surface area (Å²) in [6.07, 6.45) is 12.3. The maximum absolute atomic E-state index is 9.23. The number of nitriles is 2. The molecule has 1 aliphatic heterocycles. The van der Waals surface area contributed by atoms with Crippen LogP contribution in [0, 0.1) is 42.4 Å². The molecular formula is C28H37N3. The first-order chi connectivity index (χ1) is 14.9. The van der Waals surface area contributed by atoms with Gasteiger partial charge in [-0.3, -0.25) is 0 Å². The smallest absolute Gasteiger partial charge is 0.136 e. The average Bonchev–Trinajstić information content (AvgIpc) is 2.70. The van der Waals surface area contributed by atoms with Gasteiger partial charge in [-0.15, -0.1) is 0 Å². The van der Waals surface area contributed by atoms with Gasteiger partial charge in [-0.25, -0.2) is 0 Å². The van der Waals surface area contributed by atoms with Crippen molar-refractivity contribution < 1.29 is 0 Å². The summed E-state index contributed by atoms with van der Waals surface area (Å²) in [7, 11) is 0. The average molecular weight is 416 g/mol. The van der Waals surface area contributed by atoms with Crippen LogP contribution < -0.4 is 10.4 Å². The molecular weight excluding hydrogens is 378 g/mol. The molecule has 2 rings (SSSR count). The van der Waals surface area contributed by atoms with Crippen molar-refractivity contribution in [1.82, 2.24) is 4.90 Å². The number of benzene rings is 1. The summed E-state index contributed by atoms with van der Waals surface area (Å²) in [5.74, 6) is 0.736. The van der Waals surface area contributed by atoms with Gasteiger partial charge < -0.3 is 4.90 Å². The summed E-state index contributed by atoms with van der Waals surface area (Å²) in [4.78, 5) is 2.39. The zero-order valence-corrected chi connectivity index (χ0v) is 20.2. The molecule has 0 fully saturated rings. The SMILES string of the molecule is CCCCCC(CCC)CN1C=C(C)C(=c2c(C)cc(=C(C#N)C#N)cc2C)C(C)=C1. The first kappa shape index (κ1) is 24.5. The Morgan fingerprint density at radius 3 is 1.94 bits per heavy atom. The van der Waals surface area contributed by atoms with Crippen LogP contribution in [0.25, 0.3) is 11.1 Å². The Bertz CT molecular complexity index is 990. The van der Waals surface area contributed by atoms with Gasteiger partial charge >= 0.3 is 0 Å². The fourth-order valence-corrected chi connectivity index (χ4v) is 4.85. The lowest BCUT2D eigenvalue weighted by atomic mass is 9.90. The molecule has 0 aliphatic carbocycles. The first-order valence-corrected chi connectivity index (χ1v) is 11.7. The molecule has 31 heavy (non-hydrogen) atoms. The zero-order chi connectivity index (χ0) is 23.0. The molecule has 1 aromatic rings. The molecule has 1 atom stereocenters. The van der Waals surface area contributed by atoms with Crippen molar-refractivity contribution >= 4 is 11.1 Å². The molecule has 0 saturated carbocycles. The van der Waals surface area contributed by atoms with Crippen molar-refractivity contribution in [2.75, 3.05) is 6.54 Å². The van der Waals surface area contributed by atoms with Crippen LogP contribution in [0.2, 0.25) is 0 Å². The lowest BCUT2D eigenvalue weighted by Crippen LogP contribution is -2.27. The molecule has 1 heterocycles. The summed E-state index contributed by atoms with van der Waals surface area (Å²) in [6.45, 7) is 14.2. The predicted molar refractivity (Wildman–Crippen MR) is 130 cm³/mol. The lowest BCUT2D eigenvalue weighted by Gasteiger charge is -2.29. The quantitative estimate of drug-likeness (QED) is 0.506. The van der Waals surface area contributed by atoms with Gasteiger partial charge in [0.1, 0.15) is 17.7 Å². The maximum Gasteiger partial charge on any atom is 0.136 e. The Labute approximate surface area is 188 Å². The van der Waals surface area contributed by atoms with Gasteiger partial charge in [0.05, 0.1) is 0 Å². The summed E-state index contributed by atoms with van der Waals surface area (Å²) in [5, 5.41) is 20.4. The third kappa shape index (κ3) is 6.11. The van der Waals surface area contributed by atoms with Gasteiger partial charge in [0.15, 0.2) is 0 Å². The van der Waals surface area contributed by atoms with Crippen LogP contribution in [0.15, 0.2) is 35.7 Å². The van der Waals surface area contributed by atoms with Gasteiger partial charge in [-0.05, 0) is 91.7 Å². The highest BCUT2D eigenvalue weighted by Crippen LogP contribution is 2.28. The minimum Gasteiger partial charge on any atom is -0.353 e. The number of nitrogens with zero attached hydrogens (tertiary/aromatic N) is 3. The first-order valence-electron chi connectivity index (χ1n) is 11.7. The molecule has 1 unspecified atom stereocenters. The van der Waals surface area contributed by atoms with Crippen LogP contribution in [0.3, 0.4) is 0 Å². The molecule has 3 nitrogen and oxygen atoms in total. The van der Waals surface area contributed by atoms with E-state index in [0.29, 0.717) is 5.22 Å². The molecule has 0 bridgehead atoms. The highest BCUT2D eigenvalue weighted by atomic mass is 15.1. The van der Waals surface area contributed by atoms with E-state index >= 15 is 0 Å². The van der Waals surface area contributed by atoms with Crippen molar-refractivity contribution in [3.63, 3.8) is 0 Å². The minimum absolute atomic E-state index is 0.169. The third-order valence-corrected chi connectivity index (χ3v) is 6.18. The van der Waals surface area contributed by atoms with Crippen molar-refractivity contribution in [2.45, 2.75) is 80.1 Å². The molecule has 0 aromatic heterocycles. The van der Waals surface area contributed by atoms with Crippen molar-refractivity contribution in [2.24, 2.45) is 5.92 Å². The van der Waals surface area contributed by atoms with E-state index in [1.165, 1.54) is 60.5 Å². The summed E-state index contributed by atoms with van der Waals surface area (Å²) in [6, 6.07) is 7.96. The Balaban J connectivity index is 2.44. The summed E-state index contributed by atoms with van der Waals surface area (Å²) >= 11 is 0. The van der Waals surface area contributed by atoms with E-state index in [9.17, 15) is 10.5 Å². The van der Waals surface area contributed by atoms with Crippen LogP contribution in [0.4, 0.5) is 0 Å². The van der Waals surface area contributed by atoms with E-state index in [2.05, 4.69) is 58.8 Å². The molecule has 0 radical (unpaired) electrons. The largest absolute Gasteiger partial charge is 0.353 e.